The van der Waals surface area contributed by atoms with Gasteiger partial charge in [-0.2, -0.15) is 0 Å². The van der Waals surface area contributed by atoms with Gasteiger partial charge in [-0.1, -0.05) is 17.7 Å². The van der Waals surface area contributed by atoms with Crippen LogP contribution in [0.5, 0.6) is 0 Å². The second kappa shape index (κ2) is 7.10. The highest BCUT2D eigenvalue weighted by Crippen LogP contribution is 2.25. The quantitative estimate of drug-likeness (QED) is 0.861. The van der Waals surface area contributed by atoms with Gasteiger partial charge < -0.3 is 5.32 Å². The lowest BCUT2D eigenvalue weighted by atomic mass is 10.0. The van der Waals surface area contributed by atoms with Crippen molar-refractivity contribution in [2.45, 2.75) is 6.04 Å². The van der Waals surface area contributed by atoms with E-state index in [0.29, 0.717) is 5.02 Å². The van der Waals surface area contributed by atoms with Gasteiger partial charge in [-0.15, -0.1) is 19.0 Å². The molecule has 1 aromatic rings. The summed E-state index contributed by atoms with van der Waals surface area (Å²) < 4.78 is 13.3. The van der Waals surface area contributed by atoms with Crippen LogP contribution in [-0.2, 0) is 0 Å². The van der Waals surface area contributed by atoms with Crippen LogP contribution in [0.4, 0.5) is 4.39 Å². The molecular formula is C13H17Cl2FN2. The van der Waals surface area contributed by atoms with Gasteiger partial charge in [0.05, 0.1) is 6.04 Å². The van der Waals surface area contributed by atoms with E-state index in [1.807, 2.05) is 6.08 Å². The minimum absolute atomic E-state index is 0. The van der Waals surface area contributed by atoms with Gasteiger partial charge in [0.25, 0.3) is 0 Å². The zero-order valence-corrected chi connectivity index (χ0v) is 11.6. The Balaban J connectivity index is 0.00000162. The highest BCUT2D eigenvalue weighted by Gasteiger charge is 2.20. The monoisotopic (exact) mass is 290 g/mol. The van der Waals surface area contributed by atoms with E-state index in [1.165, 1.54) is 12.1 Å². The summed E-state index contributed by atoms with van der Waals surface area (Å²) in [6.07, 6.45) is 1.84. The van der Waals surface area contributed by atoms with Crippen molar-refractivity contribution in [1.82, 2.24) is 10.2 Å². The first-order valence-corrected chi connectivity index (χ1v) is 6.12. The molecule has 1 fully saturated rings. The molecule has 1 heterocycles. The van der Waals surface area contributed by atoms with Gasteiger partial charge in [0.15, 0.2) is 0 Å². The number of halogens is 3. The maximum Gasteiger partial charge on any atom is 0.125 e. The number of nitrogens with zero attached hydrogens (tertiary/aromatic N) is 1. The Morgan fingerprint density at radius 3 is 2.56 bits per heavy atom. The molecule has 18 heavy (non-hydrogen) atoms. The van der Waals surface area contributed by atoms with Crippen LogP contribution < -0.4 is 5.32 Å². The van der Waals surface area contributed by atoms with Crippen LogP contribution in [0.1, 0.15) is 11.6 Å². The van der Waals surface area contributed by atoms with Crippen molar-refractivity contribution in [3.8, 4) is 0 Å². The summed E-state index contributed by atoms with van der Waals surface area (Å²) in [6.45, 7) is 7.62. The summed E-state index contributed by atoms with van der Waals surface area (Å²) in [7, 11) is 0. The number of nitrogens with one attached hydrogen (secondary N) is 1. The molecule has 2 rings (SSSR count). The molecule has 0 saturated carbocycles. The van der Waals surface area contributed by atoms with Crippen LogP contribution in [0, 0.1) is 5.82 Å². The Bertz CT molecular complexity index is 386. The van der Waals surface area contributed by atoms with Crippen LogP contribution in [0.3, 0.4) is 0 Å². The van der Waals surface area contributed by atoms with Gasteiger partial charge in [0.1, 0.15) is 5.82 Å². The molecule has 1 aliphatic rings. The molecule has 0 bridgehead atoms. The first kappa shape index (κ1) is 15.4. The number of benzene rings is 1. The molecule has 1 atom stereocenters. The fraction of sp³-hybridized carbons (Fsp3) is 0.385. The van der Waals surface area contributed by atoms with E-state index in [0.717, 1.165) is 31.7 Å². The third-order valence-electron chi connectivity index (χ3n) is 2.99. The van der Waals surface area contributed by atoms with Crippen LogP contribution in [-0.4, -0.2) is 31.1 Å². The van der Waals surface area contributed by atoms with E-state index in [2.05, 4.69) is 16.8 Å². The van der Waals surface area contributed by atoms with Gasteiger partial charge in [-0.05, 0) is 23.8 Å². The standard InChI is InChI=1S/C13H16ClFN2.ClH/c1-2-13(17-5-3-16-4-6-17)10-7-11(14)9-12(15)8-10;/h2,7-9,13,16H,1,3-6H2;1H/t13-;/m1./s1. The van der Waals surface area contributed by atoms with Crippen LogP contribution in [0.25, 0.3) is 0 Å². The van der Waals surface area contributed by atoms with Crippen molar-refractivity contribution >= 4 is 24.0 Å². The van der Waals surface area contributed by atoms with Gasteiger partial charge >= 0.3 is 0 Å². The zero-order valence-electron chi connectivity index (χ0n) is 10.0. The van der Waals surface area contributed by atoms with Crippen LogP contribution in [0.2, 0.25) is 5.02 Å². The molecule has 1 N–H and O–H groups in total. The van der Waals surface area contributed by atoms with Crippen molar-refractivity contribution < 1.29 is 4.39 Å². The normalized spacial score (nSPS) is 17.9. The Hall–Kier alpha value is -0.610. The molecule has 5 heteroatoms. The van der Waals surface area contributed by atoms with Crippen molar-refractivity contribution in [3.63, 3.8) is 0 Å². The fourth-order valence-corrected chi connectivity index (χ4v) is 2.43. The van der Waals surface area contributed by atoms with E-state index >= 15 is 0 Å². The summed E-state index contributed by atoms with van der Waals surface area (Å²) in [5.74, 6) is -0.297. The SMILES string of the molecule is C=C[C@H](c1cc(F)cc(Cl)c1)N1CCNCC1.Cl. The van der Waals surface area contributed by atoms with E-state index in [4.69, 9.17) is 11.6 Å². The second-order valence-corrected chi connectivity index (χ2v) is 4.61. The Labute approximate surface area is 118 Å². The van der Waals surface area contributed by atoms with Gasteiger partial charge in [0, 0.05) is 31.2 Å². The van der Waals surface area contributed by atoms with Crippen molar-refractivity contribution in [2.75, 3.05) is 26.2 Å². The lowest BCUT2D eigenvalue weighted by Crippen LogP contribution is -2.44. The van der Waals surface area contributed by atoms with E-state index < -0.39 is 0 Å². The van der Waals surface area contributed by atoms with Gasteiger partial charge in [-0.25, -0.2) is 4.39 Å². The smallest absolute Gasteiger partial charge is 0.125 e. The Kier molecular flexibility index (Phi) is 6.09. The molecule has 0 aromatic heterocycles. The summed E-state index contributed by atoms with van der Waals surface area (Å²) in [4.78, 5) is 2.27. The topological polar surface area (TPSA) is 15.3 Å². The third-order valence-corrected chi connectivity index (χ3v) is 3.21. The molecule has 1 saturated heterocycles. The lowest BCUT2D eigenvalue weighted by molar-refractivity contribution is 0.203. The number of piperazine rings is 1. The Morgan fingerprint density at radius 1 is 1.33 bits per heavy atom. The Morgan fingerprint density at radius 2 is 2.00 bits per heavy atom. The summed E-state index contributed by atoms with van der Waals surface area (Å²) in [5.41, 5.74) is 0.868. The molecule has 100 valence electrons. The maximum atomic E-state index is 13.3. The number of hydrogen-bond donors (Lipinski definition) is 1. The molecular weight excluding hydrogens is 274 g/mol. The molecule has 0 amide bonds. The predicted molar refractivity (Wildman–Crippen MR) is 76.0 cm³/mol. The summed E-state index contributed by atoms with van der Waals surface area (Å²) >= 11 is 5.88. The average Bonchev–Trinajstić information content (AvgIpc) is 2.30. The zero-order chi connectivity index (χ0) is 12.3. The molecule has 0 unspecified atom stereocenters. The molecule has 1 aliphatic heterocycles. The number of rotatable bonds is 3. The molecule has 0 radical (unpaired) electrons. The minimum atomic E-state index is -0.297. The van der Waals surface area contributed by atoms with Crippen LogP contribution in [0.15, 0.2) is 30.9 Å². The van der Waals surface area contributed by atoms with Crippen molar-refractivity contribution in [1.29, 1.82) is 0 Å². The highest BCUT2D eigenvalue weighted by molar-refractivity contribution is 6.30. The molecule has 0 spiro atoms. The summed E-state index contributed by atoms with van der Waals surface area (Å²) in [6, 6.07) is 4.69. The number of hydrogen-bond acceptors (Lipinski definition) is 2. The average molecular weight is 291 g/mol. The molecule has 2 nitrogen and oxygen atoms in total. The molecule has 0 aliphatic carbocycles. The largest absolute Gasteiger partial charge is 0.314 e. The van der Waals surface area contributed by atoms with Gasteiger partial charge in [0.2, 0.25) is 0 Å². The summed E-state index contributed by atoms with van der Waals surface area (Å²) in [5, 5.41) is 3.72. The van der Waals surface area contributed by atoms with Crippen LogP contribution >= 0.6 is 24.0 Å². The predicted octanol–water partition coefficient (Wildman–Crippen LogP) is 3.03. The minimum Gasteiger partial charge on any atom is -0.314 e. The first-order valence-electron chi connectivity index (χ1n) is 5.74. The van der Waals surface area contributed by atoms with Crippen molar-refractivity contribution in [2.24, 2.45) is 0 Å². The second-order valence-electron chi connectivity index (χ2n) is 4.17. The van der Waals surface area contributed by atoms with E-state index in [1.54, 1.807) is 6.07 Å². The highest BCUT2D eigenvalue weighted by atomic mass is 35.5. The van der Waals surface area contributed by atoms with E-state index in [9.17, 15) is 4.39 Å². The first-order chi connectivity index (χ1) is 8.20. The maximum absolute atomic E-state index is 13.3. The third kappa shape index (κ3) is 3.69. The fourth-order valence-electron chi connectivity index (χ4n) is 2.20. The molecule has 1 aromatic carbocycles. The lowest BCUT2D eigenvalue weighted by Gasteiger charge is -2.33. The van der Waals surface area contributed by atoms with Gasteiger partial charge in [-0.3, -0.25) is 4.90 Å². The van der Waals surface area contributed by atoms with Crippen molar-refractivity contribution in [3.05, 3.63) is 47.3 Å². The van der Waals surface area contributed by atoms with E-state index in [-0.39, 0.29) is 24.3 Å².